The molecule has 0 aliphatic carbocycles. The summed E-state index contributed by atoms with van der Waals surface area (Å²) in [6.45, 7) is 6.51. The molecule has 1 fully saturated rings. The normalized spacial score (nSPS) is 16.0. The molecule has 0 saturated carbocycles. The maximum absolute atomic E-state index is 12.5. The van der Waals surface area contributed by atoms with Crippen molar-refractivity contribution in [3.63, 3.8) is 0 Å². The summed E-state index contributed by atoms with van der Waals surface area (Å²) in [6.07, 6.45) is 2.38. The van der Waals surface area contributed by atoms with Crippen molar-refractivity contribution in [1.29, 1.82) is 0 Å². The van der Waals surface area contributed by atoms with Crippen molar-refractivity contribution in [2.24, 2.45) is 11.8 Å². The van der Waals surface area contributed by atoms with Crippen LogP contribution in [0.4, 0.5) is 11.4 Å². The molecule has 0 radical (unpaired) electrons. The minimum atomic E-state index is -3.56. The number of hydrogen-bond donors (Lipinski definition) is 6. The highest BCUT2D eigenvalue weighted by molar-refractivity contribution is 7.92. The Morgan fingerprint density at radius 3 is 2.30 bits per heavy atom. The number of aliphatic hydroxyl groups excluding tert-OH is 1. The molecule has 220 valence electrons. The molecular weight excluding hydrogens is 536 g/mol. The Balaban J connectivity index is 1.44. The average Bonchev–Trinajstić information content (AvgIpc) is 2.89. The molecule has 0 bridgehead atoms. The fraction of sp³-hybridized carbons (Fsp3) is 0.500. The van der Waals surface area contributed by atoms with Crippen LogP contribution in [0.15, 0.2) is 42.5 Å². The first kappa shape index (κ1) is 31.2. The monoisotopic (exact) mass is 576 g/mol. The molecule has 2 aromatic carbocycles. The summed E-state index contributed by atoms with van der Waals surface area (Å²) in [5.74, 6) is -1.09. The predicted octanol–water partition coefficient (Wildman–Crippen LogP) is 2.53. The lowest BCUT2D eigenvalue weighted by Crippen LogP contribution is -2.41. The van der Waals surface area contributed by atoms with E-state index in [0.29, 0.717) is 23.5 Å². The highest BCUT2D eigenvalue weighted by Gasteiger charge is 2.23. The van der Waals surface area contributed by atoms with E-state index in [4.69, 9.17) is 0 Å². The number of carbonyl (C=O) groups excluding carboxylic acids is 1. The Morgan fingerprint density at radius 1 is 1.07 bits per heavy atom. The van der Waals surface area contributed by atoms with Gasteiger partial charge in [-0.25, -0.2) is 13.2 Å². The molecule has 12 heteroatoms. The minimum absolute atomic E-state index is 0.0238. The largest absolute Gasteiger partial charge is 0.506 e. The van der Waals surface area contributed by atoms with Gasteiger partial charge in [-0.3, -0.25) is 9.52 Å². The molecule has 0 spiro atoms. The van der Waals surface area contributed by atoms with E-state index in [1.54, 1.807) is 18.2 Å². The van der Waals surface area contributed by atoms with Gasteiger partial charge in [-0.05, 0) is 79.6 Å². The molecule has 2 aromatic rings. The van der Waals surface area contributed by atoms with E-state index in [2.05, 4.69) is 20.3 Å². The zero-order chi connectivity index (χ0) is 29.4. The Kier molecular flexibility index (Phi) is 10.8. The van der Waals surface area contributed by atoms with Crippen molar-refractivity contribution in [3.8, 4) is 5.75 Å². The van der Waals surface area contributed by atoms with Crippen LogP contribution in [0.25, 0.3) is 0 Å². The van der Waals surface area contributed by atoms with E-state index in [0.717, 1.165) is 44.4 Å². The maximum Gasteiger partial charge on any atom is 0.326 e. The lowest BCUT2D eigenvalue weighted by molar-refractivity contribution is -0.139. The number of aromatic hydroxyl groups is 1. The first-order valence-corrected chi connectivity index (χ1v) is 15.3. The standard InChI is InChI=1S/C28H40N4O7S/c1-18(2)14-24(28(36)37)30-27(35)20-4-7-22(8-5-20)32-12-10-19(11-13-32)16-29-17-26(34)21-6-9-25(33)23(15-21)31-40(3,38)39/h4-9,15,18-19,24,26,29,31,33-34H,10-14,16-17H2,1-3H3,(H,30,35)(H,36,37)/t24-,26?/m0/s1. The number of aliphatic hydroxyl groups is 1. The Bertz CT molecular complexity index is 1260. The van der Waals surface area contributed by atoms with Gasteiger partial charge in [0.2, 0.25) is 10.0 Å². The van der Waals surface area contributed by atoms with Crippen LogP contribution in [0.1, 0.15) is 55.1 Å². The smallest absolute Gasteiger partial charge is 0.326 e. The Morgan fingerprint density at radius 2 is 1.73 bits per heavy atom. The molecule has 0 aromatic heterocycles. The van der Waals surface area contributed by atoms with E-state index < -0.39 is 34.0 Å². The summed E-state index contributed by atoms with van der Waals surface area (Å²) in [7, 11) is -3.56. The minimum Gasteiger partial charge on any atom is -0.506 e. The van der Waals surface area contributed by atoms with Crippen LogP contribution < -0.4 is 20.3 Å². The number of phenolic OH excluding ortho intramolecular Hbond substituents is 1. The van der Waals surface area contributed by atoms with Gasteiger partial charge in [-0.15, -0.1) is 0 Å². The van der Waals surface area contributed by atoms with Gasteiger partial charge in [0.15, 0.2) is 0 Å². The van der Waals surface area contributed by atoms with Gasteiger partial charge >= 0.3 is 5.97 Å². The number of piperidine rings is 1. The lowest BCUT2D eigenvalue weighted by Gasteiger charge is -2.34. The first-order valence-electron chi connectivity index (χ1n) is 13.4. The topological polar surface area (TPSA) is 168 Å². The molecule has 1 aliphatic heterocycles. The zero-order valence-electron chi connectivity index (χ0n) is 23.1. The molecule has 1 unspecified atom stereocenters. The second-order valence-electron chi connectivity index (χ2n) is 10.8. The Hall–Kier alpha value is -3.35. The number of sulfonamides is 1. The van der Waals surface area contributed by atoms with Crippen molar-refractivity contribution >= 4 is 33.3 Å². The number of hydrogen-bond acceptors (Lipinski definition) is 8. The zero-order valence-corrected chi connectivity index (χ0v) is 23.9. The predicted molar refractivity (Wildman–Crippen MR) is 154 cm³/mol. The summed E-state index contributed by atoms with van der Waals surface area (Å²) < 4.78 is 25.2. The van der Waals surface area contributed by atoms with E-state index >= 15 is 0 Å². The number of carboxylic acids is 1. The van der Waals surface area contributed by atoms with Crippen LogP contribution in [0.2, 0.25) is 0 Å². The molecule has 1 saturated heterocycles. The van der Waals surface area contributed by atoms with Gasteiger partial charge in [0.05, 0.1) is 18.0 Å². The second kappa shape index (κ2) is 13.8. The molecule has 40 heavy (non-hydrogen) atoms. The van der Waals surface area contributed by atoms with Crippen molar-refractivity contribution in [2.45, 2.75) is 45.3 Å². The number of carbonyl (C=O) groups is 2. The molecular formula is C28H40N4O7S. The lowest BCUT2D eigenvalue weighted by atomic mass is 9.96. The van der Waals surface area contributed by atoms with Gasteiger partial charge in [0.25, 0.3) is 5.91 Å². The highest BCUT2D eigenvalue weighted by atomic mass is 32.2. The van der Waals surface area contributed by atoms with Gasteiger partial charge in [0, 0.05) is 30.9 Å². The van der Waals surface area contributed by atoms with Crippen molar-refractivity contribution < 1.29 is 33.3 Å². The number of rotatable bonds is 13. The fourth-order valence-corrected chi connectivity index (χ4v) is 5.30. The number of aliphatic carboxylic acids is 1. The van der Waals surface area contributed by atoms with Crippen molar-refractivity contribution in [3.05, 3.63) is 53.6 Å². The third-order valence-corrected chi connectivity index (χ3v) is 7.48. The highest BCUT2D eigenvalue weighted by Crippen LogP contribution is 2.28. The number of nitrogens with one attached hydrogen (secondary N) is 3. The van der Waals surface area contributed by atoms with Gasteiger partial charge in [0.1, 0.15) is 11.8 Å². The molecule has 1 amide bonds. The van der Waals surface area contributed by atoms with E-state index in [1.165, 1.54) is 12.1 Å². The SMILES string of the molecule is CC(C)C[C@H](NC(=O)c1ccc(N2CCC(CNCC(O)c3ccc(O)c(NS(C)(=O)=O)c3)CC2)cc1)C(=O)O. The van der Waals surface area contributed by atoms with E-state index in [1.807, 2.05) is 26.0 Å². The van der Waals surface area contributed by atoms with E-state index in [9.17, 15) is 33.3 Å². The van der Waals surface area contributed by atoms with E-state index in [-0.39, 0.29) is 23.9 Å². The first-order chi connectivity index (χ1) is 18.8. The molecule has 1 heterocycles. The average molecular weight is 577 g/mol. The van der Waals surface area contributed by atoms with Crippen LogP contribution in [-0.2, 0) is 14.8 Å². The number of amides is 1. The maximum atomic E-state index is 12.5. The molecule has 6 N–H and O–H groups in total. The number of phenols is 1. The van der Waals surface area contributed by atoms with Crippen LogP contribution in [0, 0.1) is 11.8 Å². The summed E-state index contributed by atoms with van der Waals surface area (Å²) >= 11 is 0. The molecule has 3 rings (SSSR count). The number of benzene rings is 2. The summed E-state index contributed by atoms with van der Waals surface area (Å²) in [6, 6.07) is 10.6. The third-order valence-electron chi connectivity index (χ3n) is 6.89. The summed E-state index contributed by atoms with van der Waals surface area (Å²) in [4.78, 5) is 26.2. The van der Waals surface area contributed by atoms with Crippen LogP contribution in [0.5, 0.6) is 5.75 Å². The van der Waals surface area contributed by atoms with Gasteiger partial charge < -0.3 is 30.9 Å². The fourth-order valence-electron chi connectivity index (χ4n) is 4.74. The Labute approximate surface area is 235 Å². The quantitative estimate of drug-likeness (QED) is 0.196. The molecule has 11 nitrogen and oxygen atoms in total. The van der Waals surface area contributed by atoms with Crippen molar-refractivity contribution in [1.82, 2.24) is 10.6 Å². The number of nitrogens with zero attached hydrogens (tertiary/aromatic N) is 1. The van der Waals surface area contributed by atoms with Gasteiger partial charge in [-0.2, -0.15) is 0 Å². The number of anilines is 2. The van der Waals surface area contributed by atoms with Crippen molar-refractivity contribution in [2.75, 3.05) is 42.1 Å². The second-order valence-corrected chi connectivity index (χ2v) is 12.5. The number of carboxylic acid groups (broad SMARTS) is 1. The van der Waals surface area contributed by atoms with Crippen LogP contribution in [0.3, 0.4) is 0 Å². The third kappa shape index (κ3) is 9.39. The molecule has 2 atom stereocenters. The van der Waals surface area contributed by atoms with Crippen LogP contribution >= 0.6 is 0 Å². The molecule has 1 aliphatic rings. The van der Waals surface area contributed by atoms with Gasteiger partial charge in [-0.1, -0.05) is 19.9 Å². The summed E-state index contributed by atoms with van der Waals surface area (Å²) in [5.41, 5.74) is 1.93. The van der Waals surface area contributed by atoms with Crippen LogP contribution in [-0.4, -0.2) is 74.1 Å². The summed E-state index contributed by atoms with van der Waals surface area (Å²) in [5, 5.41) is 35.7.